The Balaban J connectivity index is 3.53. The summed E-state index contributed by atoms with van der Waals surface area (Å²) in [7, 11) is 11.8. The van der Waals surface area contributed by atoms with Crippen molar-refractivity contribution in [2.24, 2.45) is 0 Å². The van der Waals surface area contributed by atoms with E-state index in [9.17, 15) is 0 Å². The Morgan fingerprint density at radius 2 is 1.78 bits per heavy atom. The average Bonchev–Trinajstić information content (AvgIpc) is 1.91. The van der Waals surface area contributed by atoms with Crippen molar-refractivity contribution >= 4 is 73.5 Å². The normalized spacial score (nSPS) is 24.1. The van der Waals surface area contributed by atoms with Gasteiger partial charge in [-0.3, -0.25) is 0 Å². The molecule has 0 heterocycles. The predicted molar refractivity (Wildman–Crippen MR) is 77.6 cm³/mol. The van der Waals surface area contributed by atoms with Crippen molar-refractivity contribution < 1.29 is 0 Å². The second kappa shape index (κ2) is 9.95. The van der Waals surface area contributed by atoms with Crippen LogP contribution in [-0.4, -0.2) is 1.28 Å². The lowest BCUT2D eigenvalue weighted by atomic mass is 28.9. The molecule has 0 aromatic heterocycles. The van der Waals surface area contributed by atoms with Gasteiger partial charge in [0.1, 0.15) is 0 Å². The van der Waals surface area contributed by atoms with Crippen LogP contribution in [0, 0.1) is 0 Å². The molecule has 0 aromatic rings. The fraction of sp³-hybridized carbons (Fsp3) is 0. The van der Waals surface area contributed by atoms with Gasteiger partial charge in [-0.1, -0.05) is 39.7 Å². The molecule has 0 saturated carbocycles. The first-order valence-corrected chi connectivity index (χ1v) is 17.9. The first-order valence-electron chi connectivity index (χ1n) is 2.43. The molecule has 0 aliphatic rings. The molecule has 0 radical (unpaired) electrons. The van der Waals surface area contributed by atoms with Crippen LogP contribution in [0.5, 0.6) is 0 Å². The van der Waals surface area contributed by atoms with Crippen molar-refractivity contribution in [2.45, 2.75) is 0 Å². The van der Waals surface area contributed by atoms with Crippen LogP contribution in [0.15, 0.2) is 0 Å². The van der Waals surface area contributed by atoms with Crippen molar-refractivity contribution in [2.75, 3.05) is 0 Å². The molecular weight excluding hydrogens is 279 g/mol. The summed E-state index contributed by atoms with van der Waals surface area (Å²) in [6, 6.07) is 0. The van der Waals surface area contributed by atoms with Gasteiger partial charge >= 0.3 is 0 Å². The highest BCUT2D eigenvalue weighted by Gasteiger charge is 1.99. The summed E-state index contributed by atoms with van der Waals surface area (Å²) in [4.78, 5) is 0. The topological polar surface area (TPSA) is 0 Å². The standard InChI is InChI=1S/H11P9/c1-4-7-8-9(5-2)6-3/h4-8H,1-3H2/i8T. The largest absolute Gasteiger partial charge is 0.110 e. The SMILES string of the molecule is [3H]P(PPP)P(PP)PP. The minimum atomic E-state index is -0.327. The second-order valence-electron chi connectivity index (χ2n) is 0.926. The number of hydrogen-bond acceptors (Lipinski definition) is 0. The van der Waals surface area contributed by atoms with Crippen LogP contribution < -0.4 is 0 Å². The van der Waals surface area contributed by atoms with Crippen molar-refractivity contribution in [3.8, 4) is 0 Å². The van der Waals surface area contributed by atoms with Gasteiger partial charge in [-0.2, -0.15) is 0 Å². The van der Waals surface area contributed by atoms with Crippen molar-refractivity contribution in [1.82, 2.24) is 0 Å². The van der Waals surface area contributed by atoms with E-state index in [2.05, 4.69) is 26.8 Å². The van der Waals surface area contributed by atoms with Gasteiger partial charge in [0.05, 0.1) is 1.28 Å². The Morgan fingerprint density at radius 3 is 2.11 bits per heavy atom. The third-order valence-electron chi connectivity index (χ3n) is 0.459. The van der Waals surface area contributed by atoms with Crippen LogP contribution in [-0.2, 0) is 0 Å². The zero-order chi connectivity index (χ0) is 7.98. The van der Waals surface area contributed by atoms with Crippen LogP contribution in [0.1, 0.15) is 0 Å². The highest BCUT2D eigenvalue weighted by molar-refractivity contribution is 8.97. The van der Waals surface area contributed by atoms with Gasteiger partial charge in [0.15, 0.2) is 0 Å². The molecule has 0 amide bonds. The Kier molecular flexibility index (Phi) is 12.1. The molecule has 0 spiro atoms. The summed E-state index contributed by atoms with van der Waals surface area (Å²) in [6.45, 7) is 0.0956. The molecule has 8 atom stereocenters. The van der Waals surface area contributed by atoms with Gasteiger partial charge < -0.3 is 0 Å². The molecule has 8 unspecified atom stereocenters. The molecule has 0 nitrogen and oxygen atoms in total. The van der Waals surface area contributed by atoms with Gasteiger partial charge in [0.2, 0.25) is 0 Å². The maximum absolute atomic E-state index is 7.82. The third kappa shape index (κ3) is 8.21. The van der Waals surface area contributed by atoms with E-state index >= 15 is 0 Å². The van der Waals surface area contributed by atoms with Crippen molar-refractivity contribution in [3.63, 3.8) is 0 Å². The monoisotopic (exact) mass is 292 g/mol. The smallest absolute Gasteiger partial charge is 0.0683 e. The second-order valence-corrected chi connectivity index (χ2v) is 25.0. The van der Waals surface area contributed by atoms with E-state index in [1.54, 1.807) is 0 Å². The van der Waals surface area contributed by atoms with Crippen LogP contribution in [0.25, 0.3) is 0 Å². The van der Waals surface area contributed by atoms with E-state index in [1.807, 2.05) is 0 Å². The quantitative estimate of drug-likeness (QED) is 0.638. The highest BCUT2D eigenvalue weighted by Crippen LogP contribution is 2.91. The zero-order valence-electron chi connectivity index (χ0n) is 5.63. The fourth-order valence-corrected chi connectivity index (χ4v) is 42.3. The minimum Gasteiger partial charge on any atom is -0.110 e. The lowest BCUT2D eigenvalue weighted by Crippen LogP contribution is -1.18. The van der Waals surface area contributed by atoms with Crippen molar-refractivity contribution in [3.05, 3.63) is 0 Å². The summed E-state index contributed by atoms with van der Waals surface area (Å²) in [5, 5.41) is 0. The van der Waals surface area contributed by atoms with E-state index < -0.39 is 0 Å². The Bertz CT molecular complexity index is 67.1. The lowest BCUT2D eigenvalue weighted by Gasteiger charge is -2.10. The first-order chi connectivity index (χ1) is 4.76. The third-order valence-corrected chi connectivity index (χ3v) is 37.2. The molecule has 0 aromatic carbocycles. The molecule has 0 saturated heterocycles. The summed E-state index contributed by atoms with van der Waals surface area (Å²) < 4.78 is 7.82. The summed E-state index contributed by atoms with van der Waals surface area (Å²) in [5.41, 5.74) is 0. The number of rotatable bonds is 5. The summed E-state index contributed by atoms with van der Waals surface area (Å²) in [5.74, 6) is 0. The first kappa shape index (κ1) is 10.9. The van der Waals surface area contributed by atoms with E-state index in [0.29, 0.717) is 0 Å². The van der Waals surface area contributed by atoms with E-state index in [0.717, 1.165) is 31.8 Å². The Hall–Kier alpha value is 3.87. The maximum atomic E-state index is 7.82. The molecule has 9 heavy (non-hydrogen) atoms. The molecule has 0 fully saturated rings. The molecule has 56 valence electrons. The van der Waals surface area contributed by atoms with Crippen LogP contribution >= 0.6 is 73.5 Å². The van der Waals surface area contributed by atoms with E-state index in [1.165, 1.54) is 0 Å². The van der Waals surface area contributed by atoms with Gasteiger partial charge in [-0.05, 0) is 6.99 Å². The Morgan fingerprint density at radius 1 is 1.22 bits per heavy atom. The molecule has 9 heteroatoms. The van der Waals surface area contributed by atoms with Crippen LogP contribution in [0.4, 0.5) is 0 Å². The van der Waals surface area contributed by atoms with Gasteiger partial charge in [-0.25, -0.2) is 0 Å². The molecule has 0 bridgehead atoms. The van der Waals surface area contributed by atoms with Crippen LogP contribution in [0.2, 0.25) is 0 Å². The molecular formula is H11P9. The lowest BCUT2D eigenvalue weighted by molar-refractivity contribution is 4.88. The molecule has 0 N–H and O–H groups in total. The molecule has 0 aliphatic carbocycles. The fourth-order valence-electron chi connectivity index (χ4n) is 0.174. The zero-order valence-corrected chi connectivity index (χ0v) is 13.9. The van der Waals surface area contributed by atoms with Gasteiger partial charge in [-0.15, -0.1) is 26.8 Å². The van der Waals surface area contributed by atoms with E-state index in [-0.39, 0.29) is 14.9 Å². The summed E-state index contributed by atoms with van der Waals surface area (Å²) in [6.07, 6.45) is 0. The Labute approximate surface area is 74.9 Å². The highest BCUT2D eigenvalue weighted by atomic mass is 33.0. The van der Waals surface area contributed by atoms with Crippen LogP contribution in [0.3, 0.4) is 0 Å². The van der Waals surface area contributed by atoms with Gasteiger partial charge in [0.25, 0.3) is 0 Å². The minimum absolute atomic E-state index is 0.0956. The van der Waals surface area contributed by atoms with E-state index in [4.69, 9.17) is 1.28 Å². The average molecular weight is 292 g/mol. The molecule has 0 aliphatic heterocycles. The van der Waals surface area contributed by atoms with Gasteiger partial charge in [0, 0.05) is 0 Å². The maximum Gasteiger partial charge on any atom is 0.0683 e. The van der Waals surface area contributed by atoms with Crippen molar-refractivity contribution in [1.29, 1.82) is 1.28 Å². The predicted octanol–water partition coefficient (Wildman–Crippen LogP) is 4.81. The molecule has 0 rings (SSSR count). The number of hydrogen-bond donors (Lipinski definition) is 0. The summed E-state index contributed by atoms with van der Waals surface area (Å²) >= 11 is 0.